The maximum atomic E-state index is 13.7. The highest BCUT2D eigenvalue weighted by molar-refractivity contribution is 7.89. The lowest BCUT2D eigenvalue weighted by molar-refractivity contribution is -0.133. The predicted octanol–water partition coefficient (Wildman–Crippen LogP) is 4.86. The fourth-order valence-electron chi connectivity index (χ4n) is 4.35. The highest BCUT2D eigenvalue weighted by Gasteiger charge is 2.35. The first kappa shape index (κ1) is 25.3. The van der Waals surface area contributed by atoms with Gasteiger partial charge in [-0.2, -0.15) is 4.31 Å². The van der Waals surface area contributed by atoms with Gasteiger partial charge in [0.1, 0.15) is 11.6 Å². The van der Waals surface area contributed by atoms with E-state index in [2.05, 4.69) is 0 Å². The largest absolute Gasteiger partial charge is 0.497 e. The molecule has 1 aliphatic rings. The van der Waals surface area contributed by atoms with Crippen molar-refractivity contribution in [3.05, 3.63) is 81.8 Å². The summed E-state index contributed by atoms with van der Waals surface area (Å²) >= 11 is 1.67. The van der Waals surface area contributed by atoms with Crippen molar-refractivity contribution in [2.45, 2.75) is 37.1 Å². The molecule has 0 aliphatic carbocycles. The first-order valence-corrected chi connectivity index (χ1v) is 13.9. The summed E-state index contributed by atoms with van der Waals surface area (Å²) in [5.74, 6) is -0.0454. The van der Waals surface area contributed by atoms with Crippen molar-refractivity contribution >= 4 is 27.3 Å². The summed E-state index contributed by atoms with van der Waals surface area (Å²) in [6.45, 7) is 2.41. The molecule has 4 rings (SSSR count). The van der Waals surface area contributed by atoms with Crippen LogP contribution >= 0.6 is 11.3 Å². The average Bonchev–Trinajstić information content (AvgIpc) is 3.35. The monoisotopic (exact) mass is 516 g/mol. The Morgan fingerprint density at radius 3 is 2.51 bits per heavy atom. The quantitative estimate of drug-likeness (QED) is 0.407. The van der Waals surface area contributed by atoms with Gasteiger partial charge in [-0.25, -0.2) is 12.8 Å². The molecule has 6 nitrogen and oxygen atoms in total. The van der Waals surface area contributed by atoms with E-state index in [0.717, 1.165) is 41.9 Å². The van der Waals surface area contributed by atoms with Gasteiger partial charge in [-0.1, -0.05) is 25.5 Å². The van der Waals surface area contributed by atoms with Crippen molar-refractivity contribution < 1.29 is 22.3 Å². The molecule has 1 atom stereocenters. The minimum atomic E-state index is -3.96. The van der Waals surface area contributed by atoms with Gasteiger partial charge in [0.15, 0.2) is 0 Å². The van der Waals surface area contributed by atoms with E-state index in [0.29, 0.717) is 13.0 Å². The zero-order valence-corrected chi connectivity index (χ0v) is 21.4. The lowest BCUT2D eigenvalue weighted by Crippen LogP contribution is -2.47. The minimum absolute atomic E-state index is 0.0201. The first-order chi connectivity index (χ1) is 16.8. The number of sulfonamides is 1. The van der Waals surface area contributed by atoms with Crippen molar-refractivity contribution in [2.24, 2.45) is 0 Å². The molecule has 2 aromatic carbocycles. The van der Waals surface area contributed by atoms with Gasteiger partial charge in [0.05, 0.1) is 24.6 Å². The van der Waals surface area contributed by atoms with Crippen LogP contribution in [0.5, 0.6) is 5.75 Å². The molecule has 0 radical (unpaired) electrons. The number of unbranched alkanes of at least 4 members (excludes halogenated alkanes) is 1. The van der Waals surface area contributed by atoms with Gasteiger partial charge in [0.25, 0.3) is 0 Å². The highest BCUT2D eigenvalue weighted by atomic mass is 32.2. The summed E-state index contributed by atoms with van der Waals surface area (Å²) in [5, 5.41) is 2.03. The van der Waals surface area contributed by atoms with Crippen LogP contribution < -0.4 is 4.74 Å². The lowest BCUT2D eigenvalue weighted by Gasteiger charge is -2.37. The molecule has 0 saturated carbocycles. The van der Waals surface area contributed by atoms with Crippen LogP contribution in [0.4, 0.5) is 4.39 Å². The molecule has 0 N–H and O–H groups in total. The third kappa shape index (κ3) is 5.42. The molecule has 0 bridgehead atoms. The van der Waals surface area contributed by atoms with Gasteiger partial charge >= 0.3 is 0 Å². The number of hydrogen-bond donors (Lipinski definition) is 0. The van der Waals surface area contributed by atoms with Gasteiger partial charge in [0, 0.05) is 18.0 Å². The average molecular weight is 517 g/mol. The minimum Gasteiger partial charge on any atom is -0.497 e. The number of carbonyl (C=O) groups excluding carboxylic acids is 1. The van der Waals surface area contributed by atoms with Crippen LogP contribution in [0.1, 0.15) is 41.8 Å². The van der Waals surface area contributed by atoms with E-state index in [9.17, 15) is 17.6 Å². The summed E-state index contributed by atoms with van der Waals surface area (Å²) in [5.41, 5.74) is 2.02. The Morgan fingerprint density at radius 1 is 1.14 bits per heavy atom. The second kappa shape index (κ2) is 10.9. The van der Waals surface area contributed by atoms with Crippen LogP contribution in [-0.2, 0) is 21.2 Å². The summed E-state index contributed by atoms with van der Waals surface area (Å²) in [6.07, 6.45) is 2.12. The van der Waals surface area contributed by atoms with Crippen LogP contribution in [0.25, 0.3) is 0 Å². The van der Waals surface area contributed by atoms with Gasteiger partial charge in [0.2, 0.25) is 15.9 Å². The highest BCUT2D eigenvalue weighted by Crippen LogP contribution is 2.38. The lowest BCUT2D eigenvalue weighted by atomic mass is 9.93. The molecule has 0 spiro atoms. The number of carbonyl (C=O) groups is 1. The molecule has 1 amide bonds. The van der Waals surface area contributed by atoms with E-state index in [4.69, 9.17) is 4.74 Å². The number of rotatable bonds is 9. The molecule has 0 fully saturated rings. The first-order valence-electron chi connectivity index (χ1n) is 11.6. The fourth-order valence-corrected chi connectivity index (χ4v) is 6.68. The van der Waals surface area contributed by atoms with Crippen molar-refractivity contribution in [3.8, 4) is 5.75 Å². The molecular formula is C26H29FN2O4S2. The fraction of sp³-hybridized carbons (Fsp3) is 0.346. The number of thiophene rings is 1. The molecule has 35 heavy (non-hydrogen) atoms. The summed E-state index contributed by atoms with van der Waals surface area (Å²) in [7, 11) is -2.35. The summed E-state index contributed by atoms with van der Waals surface area (Å²) in [6, 6.07) is 14.1. The number of hydrogen-bond acceptors (Lipinski definition) is 5. The maximum Gasteiger partial charge on any atom is 0.243 e. The van der Waals surface area contributed by atoms with Crippen LogP contribution in [0.2, 0.25) is 0 Å². The van der Waals surface area contributed by atoms with E-state index in [1.165, 1.54) is 21.3 Å². The Hall–Kier alpha value is -2.75. The topological polar surface area (TPSA) is 66.9 Å². The number of ether oxygens (including phenoxy) is 1. The number of benzene rings is 2. The van der Waals surface area contributed by atoms with E-state index in [1.54, 1.807) is 23.3 Å². The van der Waals surface area contributed by atoms with Gasteiger partial charge < -0.3 is 9.64 Å². The van der Waals surface area contributed by atoms with E-state index in [1.807, 2.05) is 42.6 Å². The van der Waals surface area contributed by atoms with Gasteiger partial charge in [-0.3, -0.25) is 4.79 Å². The van der Waals surface area contributed by atoms with Crippen molar-refractivity contribution in [1.29, 1.82) is 0 Å². The second-order valence-corrected chi connectivity index (χ2v) is 11.4. The Morgan fingerprint density at radius 2 is 1.86 bits per heavy atom. The van der Waals surface area contributed by atoms with Crippen molar-refractivity contribution in [2.75, 3.05) is 26.7 Å². The van der Waals surface area contributed by atoms with E-state index in [-0.39, 0.29) is 29.9 Å². The molecule has 3 aromatic rings. The molecule has 1 unspecified atom stereocenters. The predicted molar refractivity (Wildman–Crippen MR) is 135 cm³/mol. The third-order valence-corrected chi connectivity index (χ3v) is 9.10. The normalized spacial score (nSPS) is 15.8. The third-order valence-electron chi connectivity index (χ3n) is 6.24. The van der Waals surface area contributed by atoms with Crippen LogP contribution in [-0.4, -0.2) is 50.3 Å². The molecule has 9 heteroatoms. The number of amides is 1. The zero-order chi connectivity index (χ0) is 25.0. The number of fused-ring (bicyclic) bond motifs is 1. The molecule has 1 aromatic heterocycles. The number of methoxy groups -OCH3 is 1. The van der Waals surface area contributed by atoms with E-state index >= 15 is 0 Å². The zero-order valence-electron chi connectivity index (χ0n) is 19.8. The standard InChI is InChI=1S/C26H29FN2O4S2/c1-3-4-15-28(35(31,32)22-11-7-20(27)8-12-22)18-25(30)29-16-13-24-23(14-17-34-24)26(29)19-5-9-21(33-2)10-6-19/h5-12,14,17,26H,3-4,13,15-16,18H2,1-2H3. The molecule has 2 heterocycles. The number of halogens is 1. The molecular weight excluding hydrogens is 487 g/mol. The van der Waals surface area contributed by atoms with Crippen LogP contribution in [0.15, 0.2) is 64.9 Å². The summed E-state index contributed by atoms with van der Waals surface area (Å²) < 4.78 is 46.6. The maximum absolute atomic E-state index is 13.7. The smallest absolute Gasteiger partial charge is 0.243 e. The van der Waals surface area contributed by atoms with Gasteiger partial charge in [-0.15, -0.1) is 11.3 Å². The van der Waals surface area contributed by atoms with Crippen LogP contribution in [0.3, 0.4) is 0 Å². The Labute approximate surface area is 210 Å². The SMILES string of the molecule is CCCCN(CC(=O)N1CCc2sccc2C1c1ccc(OC)cc1)S(=O)(=O)c1ccc(F)cc1. The summed E-state index contributed by atoms with van der Waals surface area (Å²) in [4.78, 5) is 16.7. The van der Waals surface area contributed by atoms with Crippen LogP contribution in [0, 0.1) is 5.82 Å². The van der Waals surface area contributed by atoms with Crippen molar-refractivity contribution in [3.63, 3.8) is 0 Å². The Kier molecular flexibility index (Phi) is 7.88. The molecule has 1 aliphatic heterocycles. The second-order valence-electron chi connectivity index (χ2n) is 8.46. The Bertz CT molecular complexity index is 1260. The molecule has 186 valence electrons. The van der Waals surface area contributed by atoms with Gasteiger partial charge in [-0.05, 0) is 71.8 Å². The van der Waals surface area contributed by atoms with E-state index < -0.39 is 15.8 Å². The molecule has 0 saturated heterocycles. The Balaban J connectivity index is 1.64. The van der Waals surface area contributed by atoms with Crippen molar-refractivity contribution in [1.82, 2.24) is 9.21 Å². The number of nitrogens with zero attached hydrogens (tertiary/aromatic N) is 2.